The van der Waals surface area contributed by atoms with Crippen LogP contribution >= 0.6 is 11.3 Å². The van der Waals surface area contributed by atoms with Crippen LogP contribution in [0.3, 0.4) is 0 Å². The van der Waals surface area contributed by atoms with E-state index in [-0.39, 0.29) is 5.56 Å². The fourth-order valence-corrected chi connectivity index (χ4v) is 2.48. The van der Waals surface area contributed by atoms with Gasteiger partial charge in [-0.25, -0.2) is 4.98 Å². The topological polar surface area (TPSA) is 75.0 Å². The molecule has 0 saturated heterocycles. The van der Waals surface area contributed by atoms with Gasteiger partial charge in [-0.1, -0.05) is 6.92 Å². The fourth-order valence-electron chi connectivity index (χ4n) is 1.55. The van der Waals surface area contributed by atoms with Crippen LogP contribution in [0.15, 0.2) is 17.2 Å². The van der Waals surface area contributed by atoms with Gasteiger partial charge in [0.05, 0.1) is 23.7 Å². The quantitative estimate of drug-likeness (QED) is 0.788. The summed E-state index contributed by atoms with van der Waals surface area (Å²) in [6, 6.07) is 0.762. The van der Waals surface area contributed by atoms with E-state index in [4.69, 9.17) is 0 Å². The summed E-state index contributed by atoms with van der Waals surface area (Å²) >= 11 is 1.45. The van der Waals surface area contributed by atoms with Crippen LogP contribution in [0.5, 0.6) is 0 Å². The zero-order valence-corrected chi connectivity index (χ0v) is 10.3. The van der Waals surface area contributed by atoms with Crippen molar-refractivity contribution in [2.45, 2.75) is 26.3 Å². The van der Waals surface area contributed by atoms with Gasteiger partial charge < -0.3 is 9.90 Å². The number of fused-ring (bicyclic) bond motifs is 1. The average Bonchev–Trinajstić information content (AvgIpc) is 2.72. The van der Waals surface area contributed by atoms with E-state index in [1.54, 1.807) is 6.07 Å². The highest BCUT2D eigenvalue weighted by Gasteiger charge is 2.12. The van der Waals surface area contributed by atoms with Crippen molar-refractivity contribution in [1.29, 1.82) is 0 Å². The van der Waals surface area contributed by atoms with Gasteiger partial charge >= 0.3 is 0 Å². The predicted octanol–water partition coefficient (Wildman–Crippen LogP) is 0.331. The first-order valence-electron chi connectivity index (χ1n) is 5.25. The lowest BCUT2D eigenvalue weighted by molar-refractivity contribution is -0.309. The minimum atomic E-state index is -1.29. The zero-order valence-electron chi connectivity index (χ0n) is 9.47. The molecule has 0 unspecified atom stereocenters. The van der Waals surface area contributed by atoms with Crippen molar-refractivity contribution in [3.8, 4) is 0 Å². The Labute approximate surface area is 101 Å². The summed E-state index contributed by atoms with van der Waals surface area (Å²) in [4.78, 5) is 28.6. The lowest BCUT2D eigenvalue weighted by atomic mass is 10.3. The Morgan fingerprint density at radius 3 is 2.94 bits per heavy atom. The summed E-state index contributed by atoms with van der Waals surface area (Å²) < 4.78 is 1.09. The first-order valence-corrected chi connectivity index (χ1v) is 6.06. The Bertz CT molecular complexity index is 629. The standard InChI is InChI=1S/C11H12N2O3S/c1-3-7-4-8-9(17-7)12-5-13(10(8)14)6(2)11(15)16/h4-6H,3H2,1-2H3,(H,15,16)/p-1/t6-/m0/s1. The van der Waals surface area contributed by atoms with E-state index in [9.17, 15) is 14.7 Å². The van der Waals surface area contributed by atoms with Crippen molar-refractivity contribution >= 4 is 27.5 Å². The molecule has 2 aromatic rings. The predicted molar refractivity (Wildman–Crippen MR) is 63.0 cm³/mol. The molecule has 1 atom stereocenters. The van der Waals surface area contributed by atoms with Gasteiger partial charge in [0.25, 0.3) is 5.56 Å². The maximum Gasteiger partial charge on any atom is 0.262 e. The lowest BCUT2D eigenvalue weighted by Crippen LogP contribution is -2.36. The molecule has 0 radical (unpaired) electrons. The molecule has 0 saturated carbocycles. The smallest absolute Gasteiger partial charge is 0.262 e. The molecule has 0 amide bonds. The third-order valence-electron chi connectivity index (χ3n) is 2.63. The number of carboxylic acid groups (broad SMARTS) is 1. The van der Waals surface area contributed by atoms with Gasteiger partial charge in [-0.2, -0.15) is 0 Å². The van der Waals surface area contributed by atoms with Gasteiger partial charge in [-0.05, 0) is 19.4 Å². The van der Waals surface area contributed by atoms with Crippen LogP contribution in [0.2, 0.25) is 0 Å². The van der Waals surface area contributed by atoms with Crippen molar-refractivity contribution in [3.63, 3.8) is 0 Å². The molecule has 2 aromatic heterocycles. The van der Waals surface area contributed by atoms with E-state index in [0.29, 0.717) is 10.2 Å². The number of aryl methyl sites for hydroxylation is 1. The SMILES string of the molecule is CCc1cc2c(=O)n([C@@H](C)C(=O)[O-])cnc2s1. The highest BCUT2D eigenvalue weighted by atomic mass is 32.1. The molecule has 0 fully saturated rings. The van der Waals surface area contributed by atoms with Crippen molar-refractivity contribution < 1.29 is 9.90 Å². The second kappa shape index (κ2) is 4.29. The molecule has 90 valence electrons. The Hall–Kier alpha value is -1.69. The van der Waals surface area contributed by atoms with Gasteiger partial charge in [0.2, 0.25) is 0 Å². The molecule has 5 nitrogen and oxygen atoms in total. The van der Waals surface area contributed by atoms with Crippen molar-refractivity contribution in [3.05, 3.63) is 27.6 Å². The second-order valence-corrected chi connectivity index (χ2v) is 4.85. The Morgan fingerprint density at radius 1 is 1.65 bits per heavy atom. The van der Waals surface area contributed by atoms with E-state index < -0.39 is 12.0 Å². The Kier molecular flexibility index (Phi) is 2.97. The van der Waals surface area contributed by atoms with E-state index in [1.165, 1.54) is 24.6 Å². The normalized spacial score (nSPS) is 12.8. The molecule has 6 heteroatoms. The number of carboxylic acids is 1. The van der Waals surface area contributed by atoms with Crippen LogP contribution in [0.1, 0.15) is 24.8 Å². The molecule has 0 aliphatic carbocycles. The number of carbonyl (C=O) groups is 1. The Morgan fingerprint density at radius 2 is 2.35 bits per heavy atom. The monoisotopic (exact) mass is 251 g/mol. The largest absolute Gasteiger partial charge is 0.548 e. The molecule has 0 spiro atoms. The third-order valence-corrected chi connectivity index (χ3v) is 3.82. The average molecular weight is 251 g/mol. The molecule has 2 rings (SSSR count). The summed E-state index contributed by atoms with van der Waals surface area (Å²) in [6.07, 6.45) is 2.09. The van der Waals surface area contributed by atoms with E-state index in [1.807, 2.05) is 6.92 Å². The minimum absolute atomic E-state index is 0.331. The summed E-state index contributed by atoms with van der Waals surface area (Å²) in [6.45, 7) is 3.39. The van der Waals surface area contributed by atoms with E-state index >= 15 is 0 Å². The maximum atomic E-state index is 12.0. The Balaban J connectivity index is 2.65. The van der Waals surface area contributed by atoms with Crippen LogP contribution in [0.25, 0.3) is 10.2 Å². The van der Waals surface area contributed by atoms with Crippen molar-refractivity contribution in [2.75, 3.05) is 0 Å². The molecule has 0 bridgehead atoms. The summed E-state index contributed by atoms with van der Waals surface area (Å²) in [7, 11) is 0. The number of thiophene rings is 1. The third kappa shape index (κ3) is 1.95. The number of aliphatic carboxylic acids is 1. The molecule has 2 heterocycles. The number of hydrogen-bond donors (Lipinski definition) is 0. The van der Waals surface area contributed by atoms with Crippen molar-refractivity contribution in [2.24, 2.45) is 0 Å². The van der Waals surface area contributed by atoms with Gasteiger partial charge in [0.15, 0.2) is 0 Å². The lowest BCUT2D eigenvalue weighted by Gasteiger charge is -2.14. The minimum Gasteiger partial charge on any atom is -0.548 e. The number of rotatable bonds is 3. The van der Waals surface area contributed by atoms with Gasteiger partial charge in [0, 0.05) is 4.88 Å². The summed E-state index contributed by atoms with van der Waals surface area (Å²) in [5.74, 6) is -1.29. The summed E-state index contributed by atoms with van der Waals surface area (Å²) in [5, 5.41) is 11.2. The fraction of sp³-hybridized carbons (Fsp3) is 0.364. The maximum absolute atomic E-state index is 12.0. The molecule has 0 N–H and O–H groups in total. The molecule has 0 aliphatic heterocycles. The van der Waals surface area contributed by atoms with Crippen molar-refractivity contribution in [1.82, 2.24) is 9.55 Å². The van der Waals surface area contributed by atoms with E-state index in [2.05, 4.69) is 4.98 Å². The first-order chi connectivity index (χ1) is 8.04. The highest BCUT2D eigenvalue weighted by molar-refractivity contribution is 7.18. The number of aromatic nitrogens is 2. The molecule has 0 aliphatic rings. The second-order valence-electron chi connectivity index (χ2n) is 3.74. The number of hydrogen-bond acceptors (Lipinski definition) is 5. The van der Waals surface area contributed by atoms with Crippen LogP contribution in [0.4, 0.5) is 0 Å². The number of nitrogens with zero attached hydrogens (tertiary/aromatic N) is 2. The number of carbonyl (C=O) groups excluding carboxylic acids is 1. The van der Waals surface area contributed by atoms with Crippen LogP contribution in [-0.2, 0) is 11.2 Å². The van der Waals surface area contributed by atoms with Gasteiger partial charge in [-0.15, -0.1) is 11.3 Å². The molecule has 0 aromatic carbocycles. The van der Waals surface area contributed by atoms with Crippen LogP contribution < -0.4 is 10.7 Å². The summed E-state index contributed by atoms with van der Waals surface area (Å²) in [5.41, 5.74) is -0.331. The molecular weight excluding hydrogens is 240 g/mol. The van der Waals surface area contributed by atoms with Gasteiger partial charge in [0.1, 0.15) is 4.83 Å². The van der Waals surface area contributed by atoms with Crippen LogP contribution in [0, 0.1) is 0 Å². The molecular formula is C11H11N2O3S-. The van der Waals surface area contributed by atoms with Gasteiger partial charge in [-0.3, -0.25) is 9.36 Å². The van der Waals surface area contributed by atoms with E-state index in [0.717, 1.165) is 15.9 Å². The molecule has 17 heavy (non-hydrogen) atoms. The first kappa shape index (κ1) is 11.8. The highest BCUT2D eigenvalue weighted by Crippen LogP contribution is 2.21. The zero-order chi connectivity index (χ0) is 12.6. The van der Waals surface area contributed by atoms with Crippen LogP contribution in [-0.4, -0.2) is 15.5 Å².